The van der Waals surface area contributed by atoms with Gasteiger partial charge in [0.1, 0.15) is 0 Å². The van der Waals surface area contributed by atoms with Gasteiger partial charge in [-0.15, -0.1) is 0 Å². The normalized spacial score (nSPS) is 21.7. The third kappa shape index (κ3) is 7.80. The van der Waals surface area contributed by atoms with E-state index < -0.39 is 24.1 Å². The Morgan fingerprint density at radius 2 is 2.04 bits per heavy atom. The zero-order valence-electron chi connectivity index (χ0n) is 15.7. The van der Waals surface area contributed by atoms with E-state index in [2.05, 4.69) is 5.32 Å². The van der Waals surface area contributed by atoms with Crippen molar-refractivity contribution in [1.29, 1.82) is 0 Å². The Bertz CT molecular complexity index is 643. The number of carbonyl (C=O) groups excluding carboxylic acids is 1. The number of ether oxygens (including phenoxy) is 3. The van der Waals surface area contributed by atoms with Gasteiger partial charge in [0, 0.05) is 18.0 Å². The lowest BCUT2D eigenvalue weighted by Gasteiger charge is -2.39. The second-order valence-corrected chi connectivity index (χ2v) is 6.85. The molecular formula is C20H27NO6. The molecule has 0 saturated carbocycles. The summed E-state index contributed by atoms with van der Waals surface area (Å²) in [6.07, 6.45) is 4.60. The summed E-state index contributed by atoms with van der Waals surface area (Å²) in [4.78, 5) is 22.7. The second kappa shape index (κ2) is 10.1. The van der Waals surface area contributed by atoms with Gasteiger partial charge in [0.25, 0.3) is 0 Å². The first-order chi connectivity index (χ1) is 12.9. The SMILES string of the molecule is CC1(C)OCC(C/C=C\CCCC(=O)O)C(OC(=O)Nc2ccccc2)O1. The van der Waals surface area contributed by atoms with E-state index in [9.17, 15) is 9.59 Å². The van der Waals surface area contributed by atoms with Crippen LogP contribution in [0.3, 0.4) is 0 Å². The number of anilines is 1. The molecule has 2 N–H and O–H groups in total. The molecule has 1 heterocycles. The zero-order chi connectivity index (χ0) is 19.7. The van der Waals surface area contributed by atoms with Gasteiger partial charge < -0.3 is 19.3 Å². The van der Waals surface area contributed by atoms with Crippen molar-refractivity contribution < 1.29 is 28.9 Å². The van der Waals surface area contributed by atoms with Crippen molar-refractivity contribution in [2.45, 2.75) is 51.6 Å². The van der Waals surface area contributed by atoms with Gasteiger partial charge in [-0.1, -0.05) is 30.4 Å². The number of allylic oxidation sites excluding steroid dienone is 2. The van der Waals surface area contributed by atoms with Crippen molar-refractivity contribution in [3.8, 4) is 0 Å². The van der Waals surface area contributed by atoms with Crippen molar-refractivity contribution in [3.63, 3.8) is 0 Å². The number of carboxylic acid groups (broad SMARTS) is 1. The third-order valence-electron chi connectivity index (χ3n) is 4.04. The van der Waals surface area contributed by atoms with Crippen molar-refractivity contribution in [2.75, 3.05) is 11.9 Å². The van der Waals surface area contributed by atoms with Crippen LogP contribution in [0.2, 0.25) is 0 Å². The number of rotatable bonds is 8. The van der Waals surface area contributed by atoms with E-state index in [0.29, 0.717) is 31.6 Å². The fourth-order valence-electron chi connectivity index (χ4n) is 2.63. The maximum absolute atomic E-state index is 12.2. The summed E-state index contributed by atoms with van der Waals surface area (Å²) in [5.41, 5.74) is 0.642. The largest absolute Gasteiger partial charge is 0.481 e. The van der Waals surface area contributed by atoms with E-state index in [1.807, 2.05) is 30.4 Å². The van der Waals surface area contributed by atoms with Gasteiger partial charge >= 0.3 is 12.1 Å². The number of unbranched alkanes of at least 4 members (excludes halogenated alkanes) is 1. The molecule has 1 aromatic rings. The van der Waals surface area contributed by atoms with E-state index >= 15 is 0 Å². The van der Waals surface area contributed by atoms with Crippen LogP contribution in [0.4, 0.5) is 10.5 Å². The van der Waals surface area contributed by atoms with Crippen molar-refractivity contribution in [1.82, 2.24) is 0 Å². The molecule has 1 aliphatic rings. The molecule has 1 aromatic carbocycles. The van der Waals surface area contributed by atoms with Crippen LogP contribution >= 0.6 is 0 Å². The van der Waals surface area contributed by atoms with Gasteiger partial charge in [-0.3, -0.25) is 10.1 Å². The minimum atomic E-state index is -0.834. The molecule has 0 radical (unpaired) electrons. The van der Waals surface area contributed by atoms with Crippen LogP contribution in [0.5, 0.6) is 0 Å². The van der Waals surface area contributed by atoms with Crippen LogP contribution in [-0.4, -0.2) is 35.9 Å². The van der Waals surface area contributed by atoms with Gasteiger partial charge in [-0.2, -0.15) is 0 Å². The summed E-state index contributed by atoms with van der Waals surface area (Å²) in [6, 6.07) is 9.05. The number of nitrogens with one attached hydrogen (secondary N) is 1. The molecule has 148 valence electrons. The summed E-state index contributed by atoms with van der Waals surface area (Å²) >= 11 is 0. The van der Waals surface area contributed by atoms with Crippen LogP contribution in [0.15, 0.2) is 42.5 Å². The number of para-hydroxylation sites is 1. The highest BCUT2D eigenvalue weighted by atomic mass is 16.8. The molecule has 2 atom stereocenters. The standard InChI is InChI=1S/C20H27NO6/c1-20(2)25-14-15(10-6-3-4-9-13-17(22)23)18(27-20)26-19(24)21-16-11-7-5-8-12-16/h3,5-8,11-12,15,18H,4,9-10,13-14H2,1-2H3,(H,21,24)(H,22,23)/b6-3-. The average Bonchev–Trinajstić information content (AvgIpc) is 2.59. The van der Waals surface area contributed by atoms with Gasteiger partial charge in [0.05, 0.1) is 6.61 Å². The Morgan fingerprint density at radius 3 is 2.74 bits per heavy atom. The Kier molecular flexibility index (Phi) is 7.82. The number of amides is 1. The molecule has 27 heavy (non-hydrogen) atoms. The van der Waals surface area contributed by atoms with Crippen LogP contribution in [0, 0.1) is 5.92 Å². The number of hydrogen-bond acceptors (Lipinski definition) is 5. The lowest BCUT2D eigenvalue weighted by Crippen LogP contribution is -2.47. The van der Waals surface area contributed by atoms with Crippen LogP contribution in [0.1, 0.15) is 39.5 Å². The highest BCUT2D eigenvalue weighted by Gasteiger charge is 2.38. The predicted molar refractivity (Wildman–Crippen MR) is 100 cm³/mol. The van der Waals surface area contributed by atoms with Gasteiger partial charge in [0.2, 0.25) is 6.29 Å². The Labute approximate surface area is 159 Å². The molecule has 1 saturated heterocycles. The molecule has 1 aliphatic heterocycles. The molecular weight excluding hydrogens is 350 g/mol. The van der Waals surface area contributed by atoms with Gasteiger partial charge in [-0.25, -0.2) is 4.79 Å². The Balaban J connectivity index is 1.87. The molecule has 0 aliphatic carbocycles. The maximum atomic E-state index is 12.2. The minimum absolute atomic E-state index is 0.143. The molecule has 0 spiro atoms. The zero-order valence-corrected chi connectivity index (χ0v) is 15.7. The molecule has 2 unspecified atom stereocenters. The van der Waals surface area contributed by atoms with Crippen LogP contribution in [-0.2, 0) is 19.0 Å². The van der Waals surface area contributed by atoms with E-state index in [1.165, 1.54) is 0 Å². The summed E-state index contributed by atoms with van der Waals surface area (Å²) in [5, 5.41) is 11.3. The van der Waals surface area contributed by atoms with Crippen LogP contribution < -0.4 is 5.32 Å². The van der Waals surface area contributed by atoms with E-state index in [1.54, 1.807) is 26.0 Å². The average molecular weight is 377 g/mol. The highest BCUT2D eigenvalue weighted by Crippen LogP contribution is 2.29. The second-order valence-electron chi connectivity index (χ2n) is 6.85. The van der Waals surface area contributed by atoms with Crippen molar-refractivity contribution >= 4 is 17.7 Å². The molecule has 1 amide bonds. The quantitative estimate of drug-likeness (QED) is 0.522. The van der Waals surface area contributed by atoms with Gasteiger partial charge in [-0.05, 0) is 45.2 Å². The monoisotopic (exact) mass is 377 g/mol. The van der Waals surface area contributed by atoms with Crippen molar-refractivity contribution in [2.24, 2.45) is 5.92 Å². The first-order valence-electron chi connectivity index (χ1n) is 9.07. The van der Waals surface area contributed by atoms with E-state index in [4.69, 9.17) is 19.3 Å². The fourth-order valence-corrected chi connectivity index (χ4v) is 2.63. The van der Waals surface area contributed by atoms with E-state index in [0.717, 1.165) is 0 Å². The smallest absolute Gasteiger partial charge is 0.413 e. The van der Waals surface area contributed by atoms with Gasteiger partial charge in [0.15, 0.2) is 5.79 Å². The maximum Gasteiger partial charge on any atom is 0.413 e. The predicted octanol–water partition coefficient (Wildman–Crippen LogP) is 4.16. The molecule has 0 bridgehead atoms. The van der Waals surface area contributed by atoms with E-state index in [-0.39, 0.29) is 12.3 Å². The Hall–Kier alpha value is -2.38. The Morgan fingerprint density at radius 1 is 1.30 bits per heavy atom. The first kappa shape index (κ1) is 20.9. The number of benzene rings is 1. The summed E-state index contributed by atoms with van der Waals surface area (Å²) in [5.74, 6) is -1.77. The molecule has 1 fully saturated rings. The number of aliphatic carboxylic acids is 1. The third-order valence-corrected chi connectivity index (χ3v) is 4.04. The van der Waals surface area contributed by atoms with Crippen LogP contribution in [0.25, 0.3) is 0 Å². The summed E-state index contributed by atoms with van der Waals surface area (Å²) in [6.45, 7) is 3.95. The molecule has 0 aromatic heterocycles. The lowest BCUT2D eigenvalue weighted by atomic mass is 10.0. The number of carboxylic acids is 1. The lowest BCUT2D eigenvalue weighted by molar-refractivity contribution is -0.337. The number of hydrogen-bond donors (Lipinski definition) is 2. The van der Waals surface area contributed by atoms with Crippen molar-refractivity contribution in [3.05, 3.63) is 42.5 Å². The molecule has 2 rings (SSSR count). The molecule has 7 heteroatoms. The fraction of sp³-hybridized carbons (Fsp3) is 0.500. The topological polar surface area (TPSA) is 94.1 Å². The first-order valence-corrected chi connectivity index (χ1v) is 9.07. The summed E-state index contributed by atoms with van der Waals surface area (Å²) < 4.78 is 16.9. The molecule has 7 nitrogen and oxygen atoms in total. The highest BCUT2D eigenvalue weighted by molar-refractivity contribution is 5.84. The summed E-state index contributed by atoms with van der Waals surface area (Å²) in [7, 11) is 0. The minimum Gasteiger partial charge on any atom is -0.481 e. The number of carbonyl (C=O) groups is 2.